The highest BCUT2D eigenvalue weighted by atomic mass is 32.2. The van der Waals surface area contributed by atoms with E-state index in [9.17, 15) is 13.2 Å². The molecule has 7 heteroatoms. The molecule has 0 aliphatic rings. The average molecular weight is 337 g/mol. The molecular formula is C16H23N3O3S. The number of carbonyl (C=O) groups is 1. The zero-order valence-electron chi connectivity index (χ0n) is 13.4. The van der Waals surface area contributed by atoms with Gasteiger partial charge in [-0.05, 0) is 37.5 Å². The molecule has 3 N–H and O–H groups in total. The zero-order chi connectivity index (χ0) is 16.9. The molecule has 0 saturated carbocycles. The Kier molecular flexibility index (Phi) is 5.65. The Morgan fingerprint density at radius 2 is 2.09 bits per heavy atom. The first-order chi connectivity index (χ1) is 10.8. The SMILES string of the molecule is CC(CCS(C)(=O)=O)NC(=O)NCCc1cccc2[nH]ccc12. The molecule has 0 bridgehead atoms. The summed E-state index contributed by atoms with van der Waals surface area (Å²) in [5, 5.41) is 6.72. The molecule has 0 spiro atoms. The van der Waals surface area contributed by atoms with Gasteiger partial charge in [0.2, 0.25) is 0 Å². The summed E-state index contributed by atoms with van der Waals surface area (Å²) in [5.41, 5.74) is 2.26. The van der Waals surface area contributed by atoms with Crippen LogP contribution < -0.4 is 10.6 Å². The summed E-state index contributed by atoms with van der Waals surface area (Å²) in [6.07, 6.45) is 4.24. The van der Waals surface area contributed by atoms with Gasteiger partial charge in [-0.2, -0.15) is 0 Å². The molecule has 2 rings (SSSR count). The van der Waals surface area contributed by atoms with E-state index in [0.717, 1.165) is 17.3 Å². The van der Waals surface area contributed by atoms with Gasteiger partial charge in [0.1, 0.15) is 9.84 Å². The zero-order valence-corrected chi connectivity index (χ0v) is 14.2. The number of benzene rings is 1. The smallest absolute Gasteiger partial charge is 0.315 e. The van der Waals surface area contributed by atoms with Gasteiger partial charge in [-0.3, -0.25) is 0 Å². The van der Waals surface area contributed by atoms with Crippen molar-refractivity contribution < 1.29 is 13.2 Å². The summed E-state index contributed by atoms with van der Waals surface area (Å²) in [5.74, 6) is 0.0733. The summed E-state index contributed by atoms with van der Waals surface area (Å²) in [4.78, 5) is 15.0. The molecule has 126 valence electrons. The van der Waals surface area contributed by atoms with Crippen molar-refractivity contribution in [3.8, 4) is 0 Å². The lowest BCUT2D eigenvalue weighted by Gasteiger charge is -2.14. The maximum atomic E-state index is 11.8. The predicted molar refractivity (Wildman–Crippen MR) is 92.3 cm³/mol. The highest BCUT2D eigenvalue weighted by Gasteiger charge is 2.10. The number of H-pyrrole nitrogens is 1. The second kappa shape index (κ2) is 7.50. The van der Waals surface area contributed by atoms with Crippen molar-refractivity contribution in [2.24, 2.45) is 0 Å². The van der Waals surface area contributed by atoms with Crippen molar-refractivity contribution in [1.29, 1.82) is 0 Å². The number of urea groups is 1. The van der Waals surface area contributed by atoms with E-state index in [1.54, 1.807) is 6.92 Å². The van der Waals surface area contributed by atoms with Gasteiger partial charge in [-0.15, -0.1) is 0 Å². The van der Waals surface area contributed by atoms with Gasteiger partial charge < -0.3 is 15.6 Å². The first kappa shape index (κ1) is 17.3. The van der Waals surface area contributed by atoms with E-state index in [4.69, 9.17) is 0 Å². The first-order valence-electron chi connectivity index (χ1n) is 7.62. The van der Waals surface area contributed by atoms with E-state index in [1.807, 2.05) is 30.5 Å². The molecule has 1 unspecified atom stereocenters. The van der Waals surface area contributed by atoms with E-state index in [2.05, 4.69) is 15.6 Å². The van der Waals surface area contributed by atoms with Crippen LogP contribution >= 0.6 is 0 Å². The second-order valence-electron chi connectivity index (χ2n) is 5.83. The van der Waals surface area contributed by atoms with Crippen LogP contribution in [0.15, 0.2) is 30.5 Å². The van der Waals surface area contributed by atoms with Crippen LogP contribution in [-0.4, -0.2) is 44.0 Å². The highest BCUT2D eigenvalue weighted by molar-refractivity contribution is 7.90. The first-order valence-corrected chi connectivity index (χ1v) is 9.68. The fourth-order valence-corrected chi connectivity index (χ4v) is 3.20. The maximum Gasteiger partial charge on any atom is 0.315 e. The fraction of sp³-hybridized carbons (Fsp3) is 0.438. The Bertz CT molecular complexity index is 768. The number of hydrogen-bond acceptors (Lipinski definition) is 3. The third-order valence-electron chi connectivity index (χ3n) is 3.66. The molecule has 0 aliphatic heterocycles. The Morgan fingerprint density at radius 3 is 2.83 bits per heavy atom. The number of nitrogens with one attached hydrogen (secondary N) is 3. The number of amides is 2. The fourth-order valence-electron chi connectivity index (χ4n) is 2.42. The lowest BCUT2D eigenvalue weighted by Crippen LogP contribution is -2.42. The molecule has 1 aromatic carbocycles. The lowest BCUT2D eigenvalue weighted by molar-refractivity contribution is 0.237. The Labute approximate surface area is 136 Å². The minimum Gasteiger partial charge on any atom is -0.361 e. The molecule has 2 aromatic rings. The molecule has 23 heavy (non-hydrogen) atoms. The van der Waals surface area contributed by atoms with E-state index in [1.165, 1.54) is 11.8 Å². The van der Waals surface area contributed by atoms with Gasteiger partial charge in [0.05, 0.1) is 5.75 Å². The number of aromatic nitrogens is 1. The predicted octanol–water partition coefficient (Wildman–Crippen LogP) is 1.83. The largest absolute Gasteiger partial charge is 0.361 e. The number of carbonyl (C=O) groups excluding carboxylic acids is 1. The number of fused-ring (bicyclic) bond motifs is 1. The standard InChI is InChI=1S/C16H23N3O3S/c1-12(8-11-23(2,21)22)19-16(20)18-9-6-13-4-3-5-15-14(13)7-10-17-15/h3-5,7,10,12,17H,6,8-9,11H2,1-2H3,(H2,18,19,20). The molecule has 2 amide bonds. The average Bonchev–Trinajstić information content (AvgIpc) is 2.94. The molecular weight excluding hydrogens is 314 g/mol. The number of hydrogen-bond donors (Lipinski definition) is 3. The molecule has 0 radical (unpaired) electrons. The van der Waals surface area contributed by atoms with Gasteiger partial charge in [0.25, 0.3) is 0 Å². The molecule has 1 atom stereocenters. The van der Waals surface area contributed by atoms with Crippen molar-refractivity contribution in [3.63, 3.8) is 0 Å². The third kappa shape index (κ3) is 5.59. The quantitative estimate of drug-likeness (QED) is 0.720. The van der Waals surface area contributed by atoms with Crippen molar-refractivity contribution in [2.75, 3.05) is 18.6 Å². The Morgan fingerprint density at radius 1 is 1.30 bits per heavy atom. The van der Waals surface area contributed by atoms with Crippen molar-refractivity contribution in [2.45, 2.75) is 25.8 Å². The van der Waals surface area contributed by atoms with Crippen molar-refractivity contribution in [3.05, 3.63) is 36.0 Å². The van der Waals surface area contributed by atoms with Crippen LogP contribution in [0.5, 0.6) is 0 Å². The van der Waals surface area contributed by atoms with Crippen LogP contribution in [-0.2, 0) is 16.3 Å². The summed E-state index contributed by atoms with van der Waals surface area (Å²) in [6.45, 7) is 2.32. The lowest BCUT2D eigenvalue weighted by atomic mass is 10.1. The molecule has 1 heterocycles. The maximum absolute atomic E-state index is 11.8. The van der Waals surface area contributed by atoms with Crippen LogP contribution in [0.3, 0.4) is 0 Å². The Balaban J connectivity index is 1.75. The van der Waals surface area contributed by atoms with Gasteiger partial charge in [0, 0.05) is 35.9 Å². The molecule has 1 aromatic heterocycles. The summed E-state index contributed by atoms with van der Waals surface area (Å²) < 4.78 is 22.2. The van der Waals surface area contributed by atoms with E-state index in [0.29, 0.717) is 13.0 Å². The third-order valence-corrected chi connectivity index (χ3v) is 4.64. The molecule has 0 saturated heterocycles. The normalized spacial score (nSPS) is 13.0. The molecule has 0 fully saturated rings. The monoisotopic (exact) mass is 337 g/mol. The molecule has 6 nitrogen and oxygen atoms in total. The molecule has 0 aliphatic carbocycles. The number of aromatic amines is 1. The van der Waals surface area contributed by atoms with Crippen molar-refractivity contribution in [1.82, 2.24) is 15.6 Å². The second-order valence-corrected chi connectivity index (χ2v) is 8.09. The minimum absolute atomic E-state index is 0.0733. The van der Waals surface area contributed by atoms with E-state index < -0.39 is 9.84 Å². The van der Waals surface area contributed by atoms with Crippen LogP contribution in [0.25, 0.3) is 10.9 Å². The van der Waals surface area contributed by atoms with Crippen LogP contribution in [0, 0.1) is 0 Å². The van der Waals surface area contributed by atoms with Gasteiger partial charge in [-0.1, -0.05) is 12.1 Å². The van der Waals surface area contributed by atoms with Gasteiger partial charge >= 0.3 is 6.03 Å². The Hall–Kier alpha value is -2.02. The van der Waals surface area contributed by atoms with Gasteiger partial charge in [0.15, 0.2) is 0 Å². The summed E-state index contributed by atoms with van der Waals surface area (Å²) in [7, 11) is -3.00. The van der Waals surface area contributed by atoms with Crippen LogP contribution in [0.1, 0.15) is 18.9 Å². The van der Waals surface area contributed by atoms with E-state index >= 15 is 0 Å². The van der Waals surface area contributed by atoms with Crippen molar-refractivity contribution >= 4 is 26.8 Å². The van der Waals surface area contributed by atoms with Crippen LogP contribution in [0.4, 0.5) is 4.79 Å². The minimum atomic E-state index is -3.00. The summed E-state index contributed by atoms with van der Waals surface area (Å²) >= 11 is 0. The number of sulfone groups is 1. The van der Waals surface area contributed by atoms with Gasteiger partial charge in [-0.25, -0.2) is 13.2 Å². The van der Waals surface area contributed by atoms with E-state index in [-0.39, 0.29) is 17.8 Å². The van der Waals surface area contributed by atoms with Crippen LogP contribution in [0.2, 0.25) is 0 Å². The topological polar surface area (TPSA) is 91.1 Å². The number of rotatable bonds is 7. The highest BCUT2D eigenvalue weighted by Crippen LogP contribution is 2.17. The summed E-state index contributed by atoms with van der Waals surface area (Å²) in [6, 6.07) is 7.62.